The summed E-state index contributed by atoms with van der Waals surface area (Å²) in [7, 11) is 0. The molecule has 9 aromatic carbocycles. The molecule has 0 aliphatic carbocycles. The van der Waals surface area contributed by atoms with Crippen LogP contribution in [0.4, 0.5) is 0 Å². The molecule has 56 heavy (non-hydrogen) atoms. The minimum atomic E-state index is 1.15. The molecular formula is C54H36N2. The maximum atomic E-state index is 2.47. The van der Waals surface area contributed by atoms with Gasteiger partial charge in [-0.15, -0.1) is 0 Å². The van der Waals surface area contributed by atoms with Crippen LogP contribution in [0, 0.1) is 0 Å². The Bertz CT molecular complexity index is 3130. The zero-order valence-corrected chi connectivity index (χ0v) is 30.7. The number of nitrogens with zero attached hydrogens (tertiary/aromatic N) is 2. The van der Waals surface area contributed by atoms with Crippen LogP contribution in [0.15, 0.2) is 218 Å². The summed E-state index contributed by atoms with van der Waals surface area (Å²) < 4.78 is 4.91. The van der Waals surface area contributed by atoms with Crippen molar-refractivity contribution in [1.82, 2.24) is 9.13 Å². The van der Waals surface area contributed by atoms with Crippen molar-refractivity contribution in [3.8, 4) is 55.9 Å². The quantitative estimate of drug-likeness (QED) is 0.162. The highest BCUT2D eigenvalue weighted by atomic mass is 15.0. The molecule has 0 aliphatic rings. The predicted octanol–water partition coefficient (Wildman–Crippen LogP) is 14.5. The number of benzene rings is 9. The molecule has 2 nitrogen and oxygen atoms in total. The van der Waals surface area contributed by atoms with E-state index in [1.165, 1.54) is 88.1 Å². The van der Waals surface area contributed by atoms with Gasteiger partial charge in [0.2, 0.25) is 0 Å². The number of aromatic nitrogens is 2. The Hall–Kier alpha value is -7.42. The van der Waals surface area contributed by atoms with E-state index in [2.05, 4.69) is 228 Å². The first-order chi connectivity index (χ1) is 27.8. The van der Waals surface area contributed by atoms with E-state index < -0.39 is 0 Å². The SMILES string of the molecule is c1ccc(-c2ccc3c(c2)c2cc(-c4ccccc4)ccc2n3-c2ccccc2-c2ccccc2-c2cccc3c4ccccc4n(-c4ccccc4)c23)cc1. The largest absolute Gasteiger partial charge is 0.309 e. The first kappa shape index (κ1) is 32.0. The van der Waals surface area contributed by atoms with Gasteiger partial charge in [-0.2, -0.15) is 0 Å². The minimum absolute atomic E-state index is 1.15. The summed E-state index contributed by atoms with van der Waals surface area (Å²) in [6.45, 7) is 0. The highest BCUT2D eigenvalue weighted by Gasteiger charge is 2.21. The second-order valence-electron chi connectivity index (χ2n) is 14.5. The van der Waals surface area contributed by atoms with E-state index in [1.54, 1.807) is 0 Å². The molecule has 2 aromatic heterocycles. The fourth-order valence-corrected chi connectivity index (χ4v) is 8.83. The molecule has 0 spiro atoms. The number of rotatable bonds is 6. The highest BCUT2D eigenvalue weighted by molar-refractivity contribution is 6.15. The van der Waals surface area contributed by atoms with Gasteiger partial charge in [-0.3, -0.25) is 0 Å². The van der Waals surface area contributed by atoms with Gasteiger partial charge in [-0.1, -0.05) is 170 Å². The summed E-state index contributed by atoms with van der Waals surface area (Å²) in [5.41, 5.74) is 16.7. The average Bonchev–Trinajstić information content (AvgIpc) is 3.79. The molecule has 11 aromatic rings. The Morgan fingerprint density at radius 1 is 0.250 bits per heavy atom. The standard InChI is InChI=1S/C54H36N2/c1-4-17-37(18-5-1)39-31-33-52-48(35-39)49-36-40(38-19-6-2-7-20-38)32-34-53(49)56(52)51-30-15-12-25-44(51)42-23-10-11-24-43(42)46-27-16-28-47-45-26-13-14-29-50(45)55(54(46)47)41-21-8-3-9-22-41/h1-36H. The van der Waals surface area contributed by atoms with E-state index in [1.807, 2.05) is 0 Å². The molecule has 262 valence electrons. The second-order valence-corrected chi connectivity index (χ2v) is 14.5. The summed E-state index contributed by atoms with van der Waals surface area (Å²) in [5.74, 6) is 0. The monoisotopic (exact) mass is 712 g/mol. The van der Waals surface area contributed by atoms with Gasteiger partial charge in [0.1, 0.15) is 0 Å². The Morgan fingerprint density at radius 2 is 0.714 bits per heavy atom. The van der Waals surface area contributed by atoms with Crippen molar-refractivity contribution in [3.63, 3.8) is 0 Å². The van der Waals surface area contributed by atoms with Crippen molar-refractivity contribution in [3.05, 3.63) is 218 Å². The molecule has 0 atom stereocenters. The lowest BCUT2D eigenvalue weighted by Gasteiger charge is -2.18. The van der Waals surface area contributed by atoms with Crippen molar-refractivity contribution in [1.29, 1.82) is 0 Å². The summed E-state index contributed by atoms with van der Waals surface area (Å²) in [4.78, 5) is 0. The number of para-hydroxylation sites is 4. The Kier molecular flexibility index (Phi) is 7.53. The van der Waals surface area contributed by atoms with Gasteiger partial charge in [0.15, 0.2) is 0 Å². The van der Waals surface area contributed by atoms with Gasteiger partial charge >= 0.3 is 0 Å². The van der Waals surface area contributed by atoms with E-state index in [4.69, 9.17) is 0 Å². The molecule has 0 amide bonds. The summed E-state index contributed by atoms with van der Waals surface area (Å²) >= 11 is 0. The molecule has 0 N–H and O–H groups in total. The molecule has 0 fully saturated rings. The van der Waals surface area contributed by atoms with Crippen molar-refractivity contribution in [2.75, 3.05) is 0 Å². The first-order valence-electron chi connectivity index (χ1n) is 19.3. The Balaban J connectivity index is 1.17. The molecule has 2 heteroatoms. The van der Waals surface area contributed by atoms with E-state index in [-0.39, 0.29) is 0 Å². The van der Waals surface area contributed by atoms with Crippen LogP contribution >= 0.6 is 0 Å². The Morgan fingerprint density at radius 3 is 1.36 bits per heavy atom. The van der Waals surface area contributed by atoms with Crippen molar-refractivity contribution in [2.24, 2.45) is 0 Å². The molecule has 0 saturated carbocycles. The van der Waals surface area contributed by atoms with E-state index in [0.717, 1.165) is 11.4 Å². The van der Waals surface area contributed by atoms with Gasteiger partial charge in [-0.25, -0.2) is 0 Å². The van der Waals surface area contributed by atoms with Crippen LogP contribution in [0.1, 0.15) is 0 Å². The lowest BCUT2D eigenvalue weighted by atomic mass is 9.92. The van der Waals surface area contributed by atoms with Crippen LogP contribution in [-0.4, -0.2) is 9.13 Å². The molecule has 0 aliphatic heterocycles. The van der Waals surface area contributed by atoms with E-state index in [9.17, 15) is 0 Å². The Labute approximate surface area is 325 Å². The molecule has 11 rings (SSSR count). The fraction of sp³-hybridized carbons (Fsp3) is 0. The smallest absolute Gasteiger partial charge is 0.0619 e. The van der Waals surface area contributed by atoms with Gasteiger partial charge in [0.25, 0.3) is 0 Å². The van der Waals surface area contributed by atoms with Crippen molar-refractivity contribution < 1.29 is 0 Å². The maximum absolute atomic E-state index is 2.47. The zero-order valence-electron chi connectivity index (χ0n) is 30.7. The second kappa shape index (κ2) is 13.2. The summed E-state index contributed by atoms with van der Waals surface area (Å²) in [6.07, 6.45) is 0. The van der Waals surface area contributed by atoms with Gasteiger partial charge in [-0.05, 0) is 81.9 Å². The maximum Gasteiger partial charge on any atom is 0.0619 e. The van der Waals surface area contributed by atoms with Crippen LogP contribution in [0.3, 0.4) is 0 Å². The van der Waals surface area contributed by atoms with E-state index >= 15 is 0 Å². The molecule has 0 saturated heterocycles. The lowest BCUT2D eigenvalue weighted by Crippen LogP contribution is -1.99. The molecule has 0 bridgehead atoms. The number of fused-ring (bicyclic) bond motifs is 6. The number of hydrogen-bond donors (Lipinski definition) is 0. The summed E-state index contributed by atoms with van der Waals surface area (Å²) in [6, 6.07) is 79.4. The van der Waals surface area contributed by atoms with Crippen LogP contribution in [0.2, 0.25) is 0 Å². The van der Waals surface area contributed by atoms with E-state index in [0.29, 0.717) is 0 Å². The van der Waals surface area contributed by atoms with Crippen molar-refractivity contribution in [2.45, 2.75) is 0 Å². The van der Waals surface area contributed by atoms with Gasteiger partial charge in [0.05, 0.1) is 27.8 Å². The highest BCUT2D eigenvalue weighted by Crippen LogP contribution is 2.44. The normalized spacial score (nSPS) is 11.6. The molecule has 2 heterocycles. The zero-order chi connectivity index (χ0) is 37.0. The van der Waals surface area contributed by atoms with Gasteiger partial charge < -0.3 is 9.13 Å². The predicted molar refractivity (Wildman–Crippen MR) is 237 cm³/mol. The third kappa shape index (κ3) is 5.11. The third-order valence-electron chi connectivity index (χ3n) is 11.3. The van der Waals surface area contributed by atoms with Crippen LogP contribution in [-0.2, 0) is 0 Å². The van der Waals surface area contributed by atoms with Crippen LogP contribution < -0.4 is 0 Å². The topological polar surface area (TPSA) is 9.86 Å². The average molecular weight is 713 g/mol. The van der Waals surface area contributed by atoms with Crippen molar-refractivity contribution >= 4 is 43.6 Å². The first-order valence-corrected chi connectivity index (χ1v) is 19.3. The number of hydrogen-bond acceptors (Lipinski definition) is 0. The summed E-state index contributed by atoms with van der Waals surface area (Å²) in [5, 5.41) is 4.97. The lowest BCUT2D eigenvalue weighted by molar-refractivity contribution is 1.18. The third-order valence-corrected chi connectivity index (χ3v) is 11.3. The molecular weight excluding hydrogens is 677 g/mol. The fourth-order valence-electron chi connectivity index (χ4n) is 8.83. The minimum Gasteiger partial charge on any atom is -0.309 e. The van der Waals surface area contributed by atoms with Crippen LogP contribution in [0.25, 0.3) is 99.5 Å². The van der Waals surface area contributed by atoms with Gasteiger partial charge in [0, 0.05) is 38.4 Å². The molecule has 0 radical (unpaired) electrons. The molecule has 0 unspecified atom stereocenters. The van der Waals surface area contributed by atoms with Crippen LogP contribution in [0.5, 0.6) is 0 Å².